The number of esters is 1. The number of rotatable bonds is 3. The third kappa shape index (κ3) is 5.71. The van der Waals surface area contributed by atoms with E-state index in [1.807, 2.05) is 0 Å². The fraction of sp³-hybridized carbons (Fsp3) is 0.267. The van der Waals surface area contributed by atoms with Crippen molar-refractivity contribution in [1.82, 2.24) is 0 Å². The van der Waals surface area contributed by atoms with Gasteiger partial charge in [0.2, 0.25) is 0 Å². The van der Waals surface area contributed by atoms with Gasteiger partial charge in [0.1, 0.15) is 11.7 Å². The standard InChI is InChI=1S/C15H13F3O3/c1-2-21-14(20)10-12(15(16,17)18)8-9-13(19)11-6-4-3-5-7-11/h3-7,10,13,19H,2H2,1H3/b12-10+. The highest BCUT2D eigenvalue weighted by molar-refractivity contribution is 5.84. The third-order valence-electron chi connectivity index (χ3n) is 2.31. The molecule has 0 amide bonds. The van der Waals surface area contributed by atoms with Gasteiger partial charge in [0.15, 0.2) is 0 Å². The summed E-state index contributed by atoms with van der Waals surface area (Å²) in [6, 6.07) is 8.01. The summed E-state index contributed by atoms with van der Waals surface area (Å²) in [6.07, 6.45) is -5.90. The van der Waals surface area contributed by atoms with Gasteiger partial charge in [0, 0.05) is 6.08 Å². The Labute approximate surface area is 120 Å². The Kier molecular flexibility index (Phi) is 6.00. The maximum absolute atomic E-state index is 12.7. The molecule has 3 nitrogen and oxygen atoms in total. The van der Waals surface area contributed by atoms with Gasteiger partial charge < -0.3 is 9.84 Å². The summed E-state index contributed by atoms with van der Waals surface area (Å²) in [6.45, 7) is 1.43. The number of hydrogen-bond acceptors (Lipinski definition) is 3. The minimum Gasteiger partial charge on any atom is -0.463 e. The summed E-state index contributed by atoms with van der Waals surface area (Å²) in [5.74, 6) is 2.71. The van der Waals surface area contributed by atoms with Gasteiger partial charge in [-0.3, -0.25) is 0 Å². The quantitative estimate of drug-likeness (QED) is 0.530. The molecule has 112 valence electrons. The molecule has 1 atom stereocenters. The number of hydrogen-bond donors (Lipinski definition) is 1. The number of aliphatic hydroxyl groups is 1. The van der Waals surface area contributed by atoms with E-state index in [1.54, 1.807) is 24.1 Å². The molecule has 1 aromatic carbocycles. The molecule has 0 saturated heterocycles. The molecule has 1 rings (SSSR count). The lowest BCUT2D eigenvalue weighted by Crippen LogP contribution is -2.13. The van der Waals surface area contributed by atoms with Crippen LogP contribution in [0.3, 0.4) is 0 Å². The van der Waals surface area contributed by atoms with Crippen LogP contribution in [0.2, 0.25) is 0 Å². The first-order valence-electron chi connectivity index (χ1n) is 6.04. The van der Waals surface area contributed by atoms with Crippen LogP contribution >= 0.6 is 0 Å². The minimum atomic E-state index is -4.80. The zero-order valence-electron chi connectivity index (χ0n) is 11.1. The number of benzene rings is 1. The third-order valence-corrected chi connectivity index (χ3v) is 2.31. The van der Waals surface area contributed by atoms with Crippen LogP contribution in [0.1, 0.15) is 18.6 Å². The van der Waals surface area contributed by atoms with E-state index in [0.717, 1.165) is 0 Å². The van der Waals surface area contributed by atoms with Crippen LogP contribution in [0, 0.1) is 11.8 Å². The van der Waals surface area contributed by atoms with Gasteiger partial charge in [-0.05, 0) is 12.5 Å². The molecule has 0 radical (unpaired) electrons. The van der Waals surface area contributed by atoms with Crippen molar-refractivity contribution < 1.29 is 27.8 Å². The Balaban J connectivity index is 2.99. The predicted octanol–water partition coefficient (Wildman–Crippen LogP) is 2.78. The Morgan fingerprint density at radius 2 is 2.00 bits per heavy atom. The summed E-state index contributed by atoms with van der Waals surface area (Å²) >= 11 is 0. The van der Waals surface area contributed by atoms with Crippen LogP contribution < -0.4 is 0 Å². The monoisotopic (exact) mass is 298 g/mol. The van der Waals surface area contributed by atoms with Crippen LogP contribution in [0.15, 0.2) is 42.0 Å². The van der Waals surface area contributed by atoms with E-state index < -0.39 is 23.8 Å². The Bertz CT molecular complexity index is 565. The molecule has 1 aromatic rings. The van der Waals surface area contributed by atoms with E-state index in [1.165, 1.54) is 19.1 Å². The van der Waals surface area contributed by atoms with Crippen LogP contribution in [0.5, 0.6) is 0 Å². The lowest BCUT2D eigenvalue weighted by Gasteiger charge is -2.06. The predicted molar refractivity (Wildman–Crippen MR) is 69.9 cm³/mol. The van der Waals surface area contributed by atoms with Crippen molar-refractivity contribution in [1.29, 1.82) is 0 Å². The molecule has 0 fully saturated rings. The van der Waals surface area contributed by atoms with Crippen LogP contribution in [0.4, 0.5) is 13.2 Å². The van der Waals surface area contributed by atoms with Crippen LogP contribution in [-0.2, 0) is 9.53 Å². The molecule has 0 saturated carbocycles. The fourth-order valence-electron chi connectivity index (χ4n) is 1.36. The molecule has 21 heavy (non-hydrogen) atoms. The summed E-state index contributed by atoms with van der Waals surface area (Å²) in [5, 5.41) is 9.69. The van der Waals surface area contributed by atoms with E-state index in [0.29, 0.717) is 5.56 Å². The normalized spacial score (nSPS) is 13.1. The van der Waals surface area contributed by atoms with Gasteiger partial charge in [0.05, 0.1) is 6.61 Å². The van der Waals surface area contributed by atoms with Crippen molar-refractivity contribution in [2.45, 2.75) is 19.2 Å². The number of halogens is 3. The Hall–Kier alpha value is -2.26. The van der Waals surface area contributed by atoms with Gasteiger partial charge in [0.25, 0.3) is 0 Å². The number of allylic oxidation sites excluding steroid dienone is 1. The summed E-state index contributed by atoms with van der Waals surface area (Å²) in [7, 11) is 0. The number of ether oxygens (including phenoxy) is 1. The highest BCUT2D eigenvalue weighted by atomic mass is 19.4. The summed E-state index contributed by atoms with van der Waals surface area (Å²) in [4.78, 5) is 11.1. The van der Waals surface area contributed by atoms with E-state index in [4.69, 9.17) is 0 Å². The molecule has 1 N–H and O–H groups in total. The van der Waals surface area contributed by atoms with Gasteiger partial charge in [-0.15, -0.1) is 0 Å². The first-order valence-corrected chi connectivity index (χ1v) is 6.04. The van der Waals surface area contributed by atoms with E-state index in [-0.39, 0.29) is 12.7 Å². The lowest BCUT2D eigenvalue weighted by molar-refractivity contribution is -0.138. The Morgan fingerprint density at radius 3 is 2.52 bits per heavy atom. The minimum absolute atomic E-state index is 0.0411. The molecule has 0 aromatic heterocycles. The van der Waals surface area contributed by atoms with E-state index >= 15 is 0 Å². The van der Waals surface area contributed by atoms with E-state index in [2.05, 4.69) is 10.7 Å². The van der Waals surface area contributed by atoms with Crippen molar-refractivity contribution >= 4 is 5.97 Å². The first kappa shape index (κ1) is 16.8. The smallest absolute Gasteiger partial charge is 0.424 e. The second-order valence-electron chi connectivity index (χ2n) is 3.89. The van der Waals surface area contributed by atoms with E-state index in [9.17, 15) is 23.1 Å². The Morgan fingerprint density at radius 1 is 1.38 bits per heavy atom. The van der Waals surface area contributed by atoms with Crippen molar-refractivity contribution in [2.75, 3.05) is 6.61 Å². The molecule has 0 bridgehead atoms. The van der Waals surface area contributed by atoms with Gasteiger partial charge in [-0.25, -0.2) is 4.79 Å². The molecule has 0 aliphatic rings. The highest BCUT2D eigenvalue weighted by Crippen LogP contribution is 2.25. The molecule has 0 aliphatic carbocycles. The molecular weight excluding hydrogens is 285 g/mol. The maximum Gasteiger partial charge on any atom is 0.424 e. The zero-order chi connectivity index (χ0) is 15.9. The van der Waals surface area contributed by atoms with Crippen LogP contribution in [0.25, 0.3) is 0 Å². The second-order valence-corrected chi connectivity index (χ2v) is 3.89. The number of carbonyl (C=O) groups is 1. The summed E-state index contributed by atoms with van der Waals surface area (Å²) in [5.41, 5.74) is -1.00. The van der Waals surface area contributed by atoms with Gasteiger partial charge in [-0.1, -0.05) is 42.2 Å². The van der Waals surface area contributed by atoms with Crippen molar-refractivity contribution in [3.8, 4) is 11.8 Å². The van der Waals surface area contributed by atoms with Crippen molar-refractivity contribution in [3.63, 3.8) is 0 Å². The maximum atomic E-state index is 12.7. The molecule has 1 unspecified atom stereocenters. The lowest BCUT2D eigenvalue weighted by atomic mass is 10.1. The fourth-order valence-corrected chi connectivity index (χ4v) is 1.36. The average molecular weight is 298 g/mol. The molecule has 0 aliphatic heterocycles. The zero-order valence-corrected chi connectivity index (χ0v) is 11.1. The topological polar surface area (TPSA) is 46.5 Å². The number of carbonyl (C=O) groups excluding carboxylic acids is 1. The SMILES string of the molecule is CCOC(=O)/C=C(\C#CC(O)c1ccccc1)C(F)(F)F. The highest BCUT2D eigenvalue weighted by Gasteiger charge is 2.33. The van der Waals surface area contributed by atoms with Crippen molar-refractivity contribution in [2.24, 2.45) is 0 Å². The van der Waals surface area contributed by atoms with Crippen molar-refractivity contribution in [3.05, 3.63) is 47.5 Å². The number of alkyl halides is 3. The molecule has 0 heterocycles. The largest absolute Gasteiger partial charge is 0.463 e. The molecule has 6 heteroatoms. The van der Waals surface area contributed by atoms with Crippen LogP contribution in [-0.4, -0.2) is 23.9 Å². The average Bonchev–Trinajstić information content (AvgIpc) is 2.43. The second kappa shape index (κ2) is 7.50. The molecule has 0 spiro atoms. The molecular formula is C15H13F3O3. The number of aliphatic hydroxyl groups excluding tert-OH is 1. The van der Waals surface area contributed by atoms with Gasteiger partial charge >= 0.3 is 12.1 Å². The summed E-state index contributed by atoms with van der Waals surface area (Å²) < 4.78 is 42.6. The van der Waals surface area contributed by atoms with Gasteiger partial charge in [-0.2, -0.15) is 13.2 Å². The first-order chi connectivity index (χ1) is 9.84.